The maximum Gasteiger partial charge on any atom is 0.347 e. The molecular formula is C10H15NO5S2. The second-order valence-electron chi connectivity index (χ2n) is 3.78. The minimum atomic E-state index is -3.83. The number of carboxylic acids is 1. The minimum Gasteiger partial charge on any atom is -0.477 e. The van der Waals surface area contributed by atoms with Crippen LogP contribution in [0.4, 0.5) is 0 Å². The summed E-state index contributed by atoms with van der Waals surface area (Å²) < 4.78 is 31.3. The third kappa shape index (κ3) is 3.29. The topological polar surface area (TPSA) is 92.7 Å². The lowest BCUT2D eigenvalue weighted by molar-refractivity contribution is 0.0698. The van der Waals surface area contributed by atoms with Gasteiger partial charge < -0.3 is 9.84 Å². The van der Waals surface area contributed by atoms with Crippen LogP contribution in [0.25, 0.3) is 0 Å². The number of rotatable bonds is 6. The number of aromatic carboxylic acids is 1. The van der Waals surface area contributed by atoms with Gasteiger partial charge in [0, 0.05) is 13.7 Å². The molecule has 0 fully saturated rings. The number of hydrogen-bond acceptors (Lipinski definition) is 5. The molecule has 1 heterocycles. The van der Waals surface area contributed by atoms with Crippen LogP contribution < -0.4 is 4.72 Å². The zero-order valence-corrected chi connectivity index (χ0v) is 11.9. The predicted octanol–water partition coefficient (Wildman–Crippen LogP) is 1.07. The number of carbonyl (C=O) groups is 1. The van der Waals surface area contributed by atoms with E-state index in [1.165, 1.54) is 12.5 Å². The fourth-order valence-electron chi connectivity index (χ4n) is 1.30. The summed E-state index contributed by atoms with van der Waals surface area (Å²) in [5.74, 6) is -1.24. The van der Waals surface area contributed by atoms with Crippen LogP contribution in [0.2, 0.25) is 0 Å². The molecule has 0 aliphatic rings. The standard InChI is InChI=1S/C10H15NO5S2/c1-6-5-17-8(10(12)13)9(6)18(14,15)11-4-7(2)16-3/h5,7,11H,4H2,1-3H3,(H,12,13). The lowest BCUT2D eigenvalue weighted by atomic mass is 10.3. The molecule has 0 saturated carbocycles. The van der Waals surface area contributed by atoms with Gasteiger partial charge in [-0.25, -0.2) is 17.9 Å². The fourth-order valence-corrected chi connectivity index (χ4v) is 4.04. The first-order valence-electron chi connectivity index (χ1n) is 5.13. The zero-order chi connectivity index (χ0) is 13.9. The van der Waals surface area contributed by atoms with E-state index in [1.54, 1.807) is 13.8 Å². The van der Waals surface area contributed by atoms with Crippen LogP contribution in [0, 0.1) is 6.92 Å². The average Bonchev–Trinajstić information content (AvgIpc) is 2.69. The van der Waals surface area contributed by atoms with Crippen molar-refractivity contribution in [3.8, 4) is 0 Å². The van der Waals surface area contributed by atoms with Crippen molar-refractivity contribution in [2.24, 2.45) is 0 Å². The molecule has 18 heavy (non-hydrogen) atoms. The molecule has 0 spiro atoms. The maximum atomic E-state index is 12.0. The third-order valence-corrected chi connectivity index (χ3v) is 5.17. The molecule has 1 rings (SSSR count). The second kappa shape index (κ2) is 5.79. The third-order valence-electron chi connectivity index (χ3n) is 2.34. The molecule has 0 bridgehead atoms. The normalized spacial score (nSPS) is 13.5. The molecular weight excluding hydrogens is 278 g/mol. The minimum absolute atomic E-state index is 0.0905. The highest BCUT2D eigenvalue weighted by Gasteiger charge is 2.26. The number of ether oxygens (including phenoxy) is 1. The van der Waals surface area contributed by atoms with Gasteiger partial charge in [-0.3, -0.25) is 0 Å². The Labute approximate surface area is 110 Å². The van der Waals surface area contributed by atoms with Crippen LogP contribution in [0.3, 0.4) is 0 Å². The SMILES string of the molecule is COC(C)CNS(=O)(=O)c1c(C)csc1C(=O)O. The number of nitrogens with one attached hydrogen (secondary N) is 1. The second-order valence-corrected chi connectivity index (χ2v) is 6.36. The van der Waals surface area contributed by atoms with E-state index in [2.05, 4.69) is 4.72 Å². The van der Waals surface area contributed by atoms with Crippen LogP contribution in [-0.4, -0.2) is 39.3 Å². The summed E-state index contributed by atoms with van der Waals surface area (Å²) in [7, 11) is -2.36. The Bertz CT molecular complexity index is 534. The number of thiophene rings is 1. The van der Waals surface area contributed by atoms with E-state index in [1.807, 2.05) is 0 Å². The zero-order valence-electron chi connectivity index (χ0n) is 10.3. The molecule has 1 atom stereocenters. The molecule has 0 amide bonds. The Morgan fingerprint density at radius 2 is 2.22 bits per heavy atom. The van der Waals surface area contributed by atoms with Gasteiger partial charge in [-0.1, -0.05) is 0 Å². The summed E-state index contributed by atoms with van der Waals surface area (Å²) >= 11 is 0.901. The Morgan fingerprint density at radius 1 is 1.61 bits per heavy atom. The van der Waals surface area contributed by atoms with Crippen molar-refractivity contribution in [2.75, 3.05) is 13.7 Å². The first-order valence-corrected chi connectivity index (χ1v) is 7.49. The van der Waals surface area contributed by atoms with E-state index in [9.17, 15) is 13.2 Å². The van der Waals surface area contributed by atoms with Crippen molar-refractivity contribution in [2.45, 2.75) is 24.8 Å². The summed E-state index contributed by atoms with van der Waals surface area (Å²) in [6.07, 6.45) is -0.285. The lowest BCUT2D eigenvalue weighted by Gasteiger charge is -2.11. The molecule has 6 nitrogen and oxygen atoms in total. The molecule has 1 aromatic rings. The van der Waals surface area contributed by atoms with Gasteiger partial charge in [0.25, 0.3) is 0 Å². The summed E-state index contributed by atoms with van der Waals surface area (Å²) in [6, 6.07) is 0. The van der Waals surface area contributed by atoms with E-state index < -0.39 is 16.0 Å². The van der Waals surface area contributed by atoms with Gasteiger partial charge >= 0.3 is 5.97 Å². The van der Waals surface area contributed by atoms with Gasteiger partial charge in [-0.2, -0.15) is 0 Å². The largest absolute Gasteiger partial charge is 0.477 e. The van der Waals surface area contributed by atoms with Gasteiger partial charge in [0.15, 0.2) is 0 Å². The summed E-state index contributed by atoms with van der Waals surface area (Å²) in [4.78, 5) is 10.6. The van der Waals surface area contributed by atoms with Gasteiger partial charge in [0.2, 0.25) is 10.0 Å². The van der Waals surface area contributed by atoms with Crippen molar-refractivity contribution in [3.63, 3.8) is 0 Å². The number of sulfonamides is 1. The van der Waals surface area contributed by atoms with E-state index in [-0.39, 0.29) is 22.4 Å². The Kier molecular flexibility index (Phi) is 4.85. The van der Waals surface area contributed by atoms with E-state index in [0.29, 0.717) is 5.56 Å². The Hall–Kier alpha value is -0.960. The molecule has 2 N–H and O–H groups in total. The lowest BCUT2D eigenvalue weighted by Crippen LogP contribution is -2.32. The quantitative estimate of drug-likeness (QED) is 0.818. The molecule has 0 aliphatic carbocycles. The van der Waals surface area contributed by atoms with Gasteiger partial charge in [-0.15, -0.1) is 11.3 Å². The van der Waals surface area contributed by atoms with E-state index >= 15 is 0 Å². The smallest absolute Gasteiger partial charge is 0.347 e. The van der Waals surface area contributed by atoms with Gasteiger partial charge in [0.05, 0.1) is 6.10 Å². The maximum absolute atomic E-state index is 12.0. The molecule has 1 unspecified atom stereocenters. The van der Waals surface area contributed by atoms with Crippen molar-refractivity contribution in [1.82, 2.24) is 4.72 Å². The number of hydrogen-bond donors (Lipinski definition) is 2. The number of methoxy groups -OCH3 is 1. The van der Waals surface area contributed by atoms with Crippen molar-refractivity contribution >= 4 is 27.3 Å². The highest BCUT2D eigenvalue weighted by atomic mass is 32.2. The van der Waals surface area contributed by atoms with E-state index in [0.717, 1.165) is 11.3 Å². The van der Waals surface area contributed by atoms with Crippen LogP contribution >= 0.6 is 11.3 Å². The van der Waals surface area contributed by atoms with Gasteiger partial charge in [-0.05, 0) is 24.8 Å². The molecule has 0 aromatic carbocycles. The molecule has 0 saturated heterocycles. The van der Waals surface area contributed by atoms with Crippen LogP contribution in [0.5, 0.6) is 0 Å². The van der Waals surface area contributed by atoms with Crippen LogP contribution in [-0.2, 0) is 14.8 Å². The first-order chi connectivity index (χ1) is 8.29. The summed E-state index contributed by atoms with van der Waals surface area (Å²) in [6.45, 7) is 3.37. The summed E-state index contributed by atoms with van der Waals surface area (Å²) in [5, 5.41) is 10.5. The van der Waals surface area contributed by atoms with Gasteiger partial charge in [0.1, 0.15) is 9.77 Å². The molecule has 0 radical (unpaired) electrons. The predicted molar refractivity (Wildman–Crippen MR) is 67.7 cm³/mol. The average molecular weight is 293 g/mol. The molecule has 1 aromatic heterocycles. The number of aryl methyl sites for hydroxylation is 1. The van der Waals surface area contributed by atoms with Crippen molar-refractivity contribution < 1.29 is 23.1 Å². The monoisotopic (exact) mass is 293 g/mol. The Morgan fingerprint density at radius 3 is 2.72 bits per heavy atom. The summed E-state index contributed by atoms with van der Waals surface area (Å²) in [5.41, 5.74) is 0.426. The first kappa shape index (κ1) is 15.1. The molecule has 8 heteroatoms. The Balaban J connectivity index is 3.05. The highest BCUT2D eigenvalue weighted by molar-refractivity contribution is 7.89. The fraction of sp³-hybridized carbons (Fsp3) is 0.500. The molecule has 0 aliphatic heterocycles. The van der Waals surface area contributed by atoms with Crippen molar-refractivity contribution in [1.29, 1.82) is 0 Å². The highest BCUT2D eigenvalue weighted by Crippen LogP contribution is 2.26. The molecule has 102 valence electrons. The number of carboxylic acid groups (broad SMARTS) is 1. The van der Waals surface area contributed by atoms with Crippen LogP contribution in [0.1, 0.15) is 22.2 Å². The van der Waals surface area contributed by atoms with E-state index in [4.69, 9.17) is 9.84 Å². The van der Waals surface area contributed by atoms with Crippen LogP contribution in [0.15, 0.2) is 10.3 Å². The van der Waals surface area contributed by atoms with Crippen molar-refractivity contribution in [3.05, 3.63) is 15.8 Å².